The molecular weight excluding hydrogens is 364 g/mol. The lowest BCUT2D eigenvalue weighted by Gasteiger charge is -2.16. The summed E-state index contributed by atoms with van der Waals surface area (Å²) in [5.41, 5.74) is 0.132. The molecule has 0 saturated carbocycles. The fourth-order valence-corrected chi connectivity index (χ4v) is 2.26. The highest BCUT2D eigenvalue weighted by molar-refractivity contribution is 6.32. The molecule has 1 N–H and O–H groups in total. The number of rotatable bonds is 7. The van der Waals surface area contributed by atoms with E-state index in [2.05, 4.69) is 10.5 Å². The largest absolute Gasteiger partial charge is 0.493 e. The number of halogens is 1. The van der Waals surface area contributed by atoms with Gasteiger partial charge in [0.1, 0.15) is 5.76 Å². The van der Waals surface area contributed by atoms with E-state index in [0.717, 1.165) is 0 Å². The number of amides is 1. The molecule has 0 radical (unpaired) electrons. The molecule has 140 valence electrons. The minimum Gasteiger partial charge on any atom is -0.493 e. The second-order valence-electron chi connectivity index (χ2n) is 5.60. The summed E-state index contributed by atoms with van der Waals surface area (Å²) in [6, 6.07) is 4.37. The van der Waals surface area contributed by atoms with E-state index in [1.807, 2.05) is 13.8 Å². The van der Waals surface area contributed by atoms with Crippen molar-refractivity contribution in [2.75, 3.05) is 19.0 Å². The number of esters is 1. The molecule has 0 atom stereocenters. The van der Waals surface area contributed by atoms with Crippen LogP contribution in [0.5, 0.6) is 11.5 Å². The Morgan fingerprint density at radius 1 is 1.31 bits per heavy atom. The SMILES string of the molecule is COc1cc(C(=O)OCC(=O)Nc2cc(C)on2)cc(Cl)c1OC(C)C. The smallest absolute Gasteiger partial charge is 0.338 e. The Bertz CT molecular complexity index is 803. The molecule has 0 spiro atoms. The third-order valence-corrected chi connectivity index (χ3v) is 3.33. The van der Waals surface area contributed by atoms with Crippen molar-refractivity contribution >= 4 is 29.3 Å². The third-order valence-electron chi connectivity index (χ3n) is 3.05. The summed E-state index contributed by atoms with van der Waals surface area (Å²) in [5.74, 6) is 0.129. The zero-order valence-electron chi connectivity index (χ0n) is 14.8. The van der Waals surface area contributed by atoms with E-state index >= 15 is 0 Å². The molecule has 0 aliphatic heterocycles. The number of hydrogen-bond donors (Lipinski definition) is 1. The first-order valence-corrected chi connectivity index (χ1v) is 8.12. The predicted octanol–water partition coefficient (Wildman–Crippen LogP) is 3.23. The van der Waals surface area contributed by atoms with Crippen molar-refractivity contribution in [3.8, 4) is 11.5 Å². The van der Waals surface area contributed by atoms with Gasteiger partial charge in [0.25, 0.3) is 5.91 Å². The Hall–Kier alpha value is -2.74. The zero-order valence-corrected chi connectivity index (χ0v) is 15.5. The van der Waals surface area contributed by atoms with Crippen LogP contribution in [-0.4, -0.2) is 36.9 Å². The van der Waals surface area contributed by atoms with Gasteiger partial charge in [-0.05, 0) is 32.9 Å². The zero-order chi connectivity index (χ0) is 19.3. The van der Waals surface area contributed by atoms with Crippen LogP contribution in [-0.2, 0) is 9.53 Å². The lowest BCUT2D eigenvalue weighted by molar-refractivity contribution is -0.119. The van der Waals surface area contributed by atoms with E-state index in [1.54, 1.807) is 6.92 Å². The van der Waals surface area contributed by atoms with Crippen molar-refractivity contribution in [2.45, 2.75) is 26.9 Å². The summed E-state index contributed by atoms with van der Waals surface area (Å²) in [6.45, 7) is 4.88. The number of aromatic nitrogens is 1. The van der Waals surface area contributed by atoms with Crippen LogP contribution in [0.1, 0.15) is 30.0 Å². The van der Waals surface area contributed by atoms with Crippen LogP contribution in [0, 0.1) is 6.92 Å². The van der Waals surface area contributed by atoms with Gasteiger partial charge in [-0.15, -0.1) is 0 Å². The molecular formula is C17H19ClN2O6. The number of hydrogen-bond acceptors (Lipinski definition) is 7. The highest BCUT2D eigenvalue weighted by atomic mass is 35.5. The van der Waals surface area contributed by atoms with Crippen LogP contribution < -0.4 is 14.8 Å². The van der Waals surface area contributed by atoms with Crippen molar-refractivity contribution in [1.29, 1.82) is 0 Å². The van der Waals surface area contributed by atoms with Crippen LogP contribution in [0.4, 0.5) is 5.82 Å². The Balaban J connectivity index is 2.02. The van der Waals surface area contributed by atoms with Crippen LogP contribution in [0.2, 0.25) is 5.02 Å². The van der Waals surface area contributed by atoms with Crippen molar-refractivity contribution in [3.63, 3.8) is 0 Å². The number of methoxy groups -OCH3 is 1. The normalized spacial score (nSPS) is 10.5. The topological polar surface area (TPSA) is 99.9 Å². The van der Waals surface area contributed by atoms with Crippen molar-refractivity contribution < 1.29 is 28.3 Å². The molecule has 0 saturated heterocycles. The van der Waals surface area contributed by atoms with Gasteiger partial charge in [0.15, 0.2) is 23.9 Å². The van der Waals surface area contributed by atoms with Gasteiger partial charge in [-0.1, -0.05) is 16.8 Å². The fraction of sp³-hybridized carbons (Fsp3) is 0.353. The summed E-state index contributed by atoms with van der Waals surface area (Å²) in [5, 5.41) is 6.26. The Morgan fingerprint density at radius 2 is 2.04 bits per heavy atom. The number of ether oxygens (including phenoxy) is 3. The van der Waals surface area contributed by atoms with Crippen molar-refractivity contribution in [2.24, 2.45) is 0 Å². The second kappa shape index (κ2) is 8.57. The molecule has 1 amide bonds. The van der Waals surface area contributed by atoms with E-state index in [-0.39, 0.29) is 22.5 Å². The molecule has 2 aromatic rings. The molecule has 8 nitrogen and oxygen atoms in total. The summed E-state index contributed by atoms with van der Waals surface area (Å²) in [4.78, 5) is 24.0. The van der Waals surface area contributed by atoms with Gasteiger partial charge in [-0.2, -0.15) is 0 Å². The molecule has 2 rings (SSSR count). The maximum absolute atomic E-state index is 12.2. The Kier molecular flexibility index (Phi) is 6.46. The van der Waals surface area contributed by atoms with E-state index < -0.39 is 18.5 Å². The monoisotopic (exact) mass is 382 g/mol. The Morgan fingerprint density at radius 3 is 2.62 bits per heavy atom. The third kappa shape index (κ3) is 5.13. The van der Waals surface area contributed by atoms with Crippen molar-refractivity contribution in [3.05, 3.63) is 34.5 Å². The molecule has 0 aliphatic rings. The van der Waals surface area contributed by atoms with Crippen molar-refractivity contribution in [1.82, 2.24) is 5.16 Å². The molecule has 0 fully saturated rings. The molecule has 9 heteroatoms. The molecule has 0 aliphatic carbocycles. The maximum Gasteiger partial charge on any atom is 0.338 e. The van der Waals surface area contributed by atoms with E-state index in [1.165, 1.54) is 25.3 Å². The lowest BCUT2D eigenvalue weighted by Crippen LogP contribution is -2.21. The number of nitrogens with one attached hydrogen (secondary N) is 1. The van der Waals surface area contributed by atoms with E-state index in [4.69, 9.17) is 30.3 Å². The summed E-state index contributed by atoms with van der Waals surface area (Å²) < 4.78 is 20.6. The summed E-state index contributed by atoms with van der Waals surface area (Å²) in [6.07, 6.45) is -0.122. The molecule has 1 aromatic carbocycles. The minimum absolute atomic E-state index is 0.122. The second-order valence-corrected chi connectivity index (χ2v) is 6.01. The molecule has 26 heavy (non-hydrogen) atoms. The van der Waals surface area contributed by atoms with Crippen LogP contribution in [0.25, 0.3) is 0 Å². The van der Waals surface area contributed by atoms with Gasteiger partial charge in [0, 0.05) is 6.07 Å². The number of anilines is 1. The number of aryl methyl sites for hydroxylation is 1. The van der Waals surface area contributed by atoms with Crippen LogP contribution >= 0.6 is 11.6 Å². The average Bonchev–Trinajstić information content (AvgIpc) is 2.98. The fourth-order valence-electron chi connectivity index (χ4n) is 2.01. The van der Waals surface area contributed by atoms with Crippen LogP contribution in [0.15, 0.2) is 22.7 Å². The predicted molar refractivity (Wildman–Crippen MR) is 93.9 cm³/mol. The molecule has 1 aromatic heterocycles. The summed E-state index contributed by atoms with van der Waals surface area (Å²) in [7, 11) is 1.43. The van der Waals surface area contributed by atoms with Gasteiger partial charge < -0.3 is 24.1 Å². The number of carbonyl (C=O) groups excluding carboxylic acids is 2. The number of benzene rings is 1. The number of nitrogens with zero attached hydrogens (tertiary/aromatic N) is 1. The first kappa shape index (κ1) is 19.6. The van der Waals surface area contributed by atoms with Crippen LogP contribution in [0.3, 0.4) is 0 Å². The van der Waals surface area contributed by atoms with E-state index in [0.29, 0.717) is 17.3 Å². The Labute approximate surface area is 155 Å². The molecule has 0 bridgehead atoms. The highest BCUT2D eigenvalue weighted by Crippen LogP contribution is 2.37. The summed E-state index contributed by atoms with van der Waals surface area (Å²) >= 11 is 6.16. The van der Waals surface area contributed by atoms with Gasteiger partial charge in [0.05, 0.1) is 23.8 Å². The van der Waals surface area contributed by atoms with E-state index in [9.17, 15) is 9.59 Å². The maximum atomic E-state index is 12.2. The molecule has 1 heterocycles. The average molecular weight is 383 g/mol. The van der Waals surface area contributed by atoms with Gasteiger partial charge >= 0.3 is 5.97 Å². The first-order chi connectivity index (χ1) is 12.3. The van der Waals surface area contributed by atoms with Gasteiger partial charge in [-0.25, -0.2) is 4.79 Å². The van der Waals surface area contributed by atoms with Gasteiger partial charge in [-0.3, -0.25) is 4.79 Å². The lowest BCUT2D eigenvalue weighted by atomic mass is 10.2. The number of carbonyl (C=O) groups is 2. The minimum atomic E-state index is -0.729. The first-order valence-electron chi connectivity index (χ1n) is 7.74. The highest BCUT2D eigenvalue weighted by Gasteiger charge is 2.18. The molecule has 0 unspecified atom stereocenters. The quantitative estimate of drug-likeness (QED) is 0.733. The standard InChI is InChI=1S/C17H19ClN2O6/c1-9(2)25-16-12(18)6-11(7-13(16)23-4)17(22)24-8-15(21)19-14-5-10(3)26-20-14/h5-7,9H,8H2,1-4H3,(H,19,20,21). The van der Waals surface area contributed by atoms with Gasteiger partial charge in [0.2, 0.25) is 0 Å².